The fourth-order valence-corrected chi connectivity index (χ4v) is 2.77. The summed E-state index contributed by atoms with van der Waals surface area (Å²) in [4.78, 5) is 12.0. The SMILES string of the molecule is Cc1ccc(C(C)NC(=O)CSc2nnc(C(F)(F)F)n2N)cc1C. The molecule has 1 aromatic heterocycles. The molecule has 25 heavy (non-hydrogen) atoms. The van der Waals surface area contributed by atoms with E-state index in [0.29, 0.717) is 4.68 Å². The van der Waals surface area contributed by atoms with Gasteiger partial charge in [-0.1, -0.05) is 30.0 Å². The van der Waals surface area contributed by atoms with Crippen LogP contribution in [0.3, 0.4) is 0 Å². The number of rotatable bonds is 5. The Labute approximate surface area is 147 Å². The maximum atomic E-state index is 12.6. The number of amides is 1. The molecule has 136 valence electrons. The first-order chi connectivity index (χ1) is 11.6. The number of halogens is 3. The van der Waals surface area contributed by atoms with Gasteiger partial charge in [0.2, 0.25) is 11.1 Å². The highest BCUT2D eigenvalue weighted by Gasteiger charge is 2.38. The Bertz CT molecular complexity index is 775. The van der Waals surface area contributed by atoms with Gasteiger partial charge in [-0.15, -0.1) is 10.2 Å². The van der Waals surface area contributed by atoms with Crippen LogP contribution in [0.1, 0.15) is 35.5 Å². The molecule has 10 heteroatoms. The number of thioether (sulfide) groups is 1. The van der Waals surface area contributed by atoms with Crippen LogP contribution in [0, 0.1) is 13.8 Å². The molecular formula is C15H18F3N5OS. The van der Waals surface area contributed by atoms with Crippen molar-refractivity contribution in [3.05, 3.63) is 40.7 Å². The summed E-state index contributed by atoms with van der Waals surface area (Å²) in [6.07, 6.45) is -4.69. The van der Waals surface area contributed by atoms with Gasteiger partial charge < -0.3 is 11.2 Å². The second kappa shape index (κ2) is 7.34. The molecule has 0 saturated carbocycles. The molecule has 1 unspecified atom stereocenters. The lowest BCUT2D eigenvalue weighted by Gasteiger charge is -2.15. The smallest absolute Gasteiger partial charge is 0.349 e. The van der Waals surface area contributed by atoms with Gasteiger partial charge in [-0.3, -0.25) is 4.79 Å². The van der Waals surface area contributed by atoms with Crippen molar-refractivity contribution < 1.29 is 18.0 Å². The summed E-state index contributed by atoms with van der Waals surface area (Å²) in [6, 6.07) is 5.65. The number of hydrogen-bond donors (Lipinski definition) is 2. The maximum Gasteiger partial charge on any atom is 0.453 e. The largest absolute Gasteiger partial charge is 0.453 e. The van der Waals surface area contributed by atoms with Gasteiger partial charge in [0.05, 0.1) is 11.8 Å². The third kappa shape index (κ3) is 4.65. The molecule has 0 aliphatic rings. The van der Waals surface area contributed by atoms with Gasteiger partial charge in [-0.2, -0.15) is 13.2 Å². The number of benzene rings is 1. The predicted molar refractivity (Wildman–Crippen MR) is 88.4 cm³/mol. The molecule has 0 fully saturated rings. The van der Waals surface area contributed by atoms with Gasteiger partial charge in [0.15, 0.2) is 0 Å². The monoisotopic (exact) mass is 373 g/mol. The Kier molecular flexibility index (Phi) is 5.61. The average Bonchev–Trinajstić information content (AvgIpc) is 2.89. The third-order valence-corrected chi connectivity index (χ3v) is 4.60. The van der Waals surface area contributed by atoms with Crippen molar-refractivity contribution in [1.29, 1.82) is 0 Å². The van der Waals surface area contributed by atoms with Crippen LogP contribution in [0.4, 0.5) is 13.2 Å². The lowest BCUT2D eigenvalue weighted by molar-refractivity contribution is -0.146. The van der Waals surface area contributed by atoms with E-state index in [4.69, 9.17) is 5.84 Å². The van der Waals surface area contributed by atoms with Crippen LogP contribution >= 0.6 is 11.8 Å². The molecule has 0 aliphatic carbocycles. The molecule has 0 radical (unpaired) electrons. The van der Waals surface area contributed by atoms with E-state index in [9.17, 15) is 18.0 Å². The number of nitrogens with one attached hydrogen (secondary N) is 1. The van der Waals surface area contributed by atoms with Gasteiger partial charge in [0.1, 0.15) is 0 Å². The summed E-state index contributed by atoms with van der Waals surface area (Å²) in [5, 5.41) is 8.98. The van der Waals surface area contributed by atoms with Crippen LogP contribution in [-0.4, -0.2) is 26.5 Å². The highest BCUT2D eigenvalue weighted by Crippen LogP contribution is 2.28. The van der Waals surface area contributed by atoms with E-state index in [1.54, 1.807) is 0 Å². The predicted octanol–water partition coefficient (Wildman–Crippen LogP) is 2.60. The minimum atomic E-state index is -4.69. The second-order valence-electron chi connectivity index (χ2n) is 5.60. The molecule has 6 nitrogen and oxygen atoms in total. The number of aryl methyl sites for hydroxylation is 2. The van der Waals surface area contributed by atoms with Gasteiger partial charge >= 0.3 is 6.18 Å². The van der Waals surface area contributed by atoms with Crippen molar-refractivity contribution in [2.75, 3.05) is 11.6 Å². The zero-order chi connectivity index (χ0) is 18.8. The van der Waals surface area contributed by atoms with E-state index < -0.39 is 12.0 Å². The first-order valence-corrected chi connectivity index (χ1v) is 8.35. The number of nitrogen functional groups attached to an aromatic ring is 1. The van der Waals surface area contributed by atoms with Gasteiger partial charge in [-0.25, -0.2) is 4.68 Å². The molecule has 0 saturated heterocycles. The highest BCUT2D eigenvalue weighted by molar-refractivity contribution is 7.99. The molecule has 1 aromatic carbocycles. The lowest BCUT2D eigenvalue weighted by Crippen LogP contribution is -2.28. The minimum absolute atomic E-state index is 0.123. The molecule has 1 heterocycles. The standard InChI is InChI=1S/C15H18F3N5OS/c1-8-4-5-11(6-9(8)2)10(3)20-12(24)7-25-14-22-21-13(23(14)19)15(16,17)18/h4-6,10H,7,19H2,1-3H3,(H,20,24). The summed E-state index contributed by atoms with van der Waals surface area (Å²) in [5.41, 5.74) is 3.22. The topological polar surface area (TPSA) is 85.8 Å². The minimum Gasteiger partial charge on any atom is -0.349 e. The van der Waals surface area contributed by atoms with Crippen molar-refractivity contribution in [2.45, 2.75) is 38.1 Å². The summed E-state index contributed by atoms with van der Waals surface area (Å²) < 4.78 is 38.1. The Hall–Kier alpha value is -2.23. The van der Waals surface area contributed by atoms with Crippen LogP contribution in [0.2, 0.25) is 0 Å². The van der Waals surface area contributed by atoms with Crippen LogP contribution in [0.5, 0.6) is 0 Å². The zero-order valence-corrected chi connectivity index (χ0v) is 14.7. The molecule has 3 N–H and O–H groups in total. The number of alkyl halides is 3. The fraction of sp³-hybridized carbons (Fsp3) is 0.400. The van der Waals surface area contributed by atoms with Crippen molar-refractivity contribution in [3.63, 3.8) is 0 Å². The van der Waals surface area contributed by atoms with E-state index >= 15 is 0 Å². The van der Waals surface area contributed by atoms with Crippen molar-refractivity contribution in [3.8, 4) is 0 Å². The van der Waals surface area contributed by atoms with E-state index in [1.165, 1.54) is 0 Å². The van der Waals surface area contributed by atoms with Gasteiger partial charge in [0, 0.05) is 0 Å². The van der Waals surface area contributed by atoms with E-state index in [0.717, 1.165) is 28.5 Å². The number of carbonyl (C=O) groups is 1. The number of nitrogens with two attached hydrogens (primary N) is 1. The quantitative estimate of drug-likeness (QED) is 0.622. The molecule has 1 amide bonds. The Morgan fingerprint density at radius 1 is 1.32 bits per heavy atom. The van der Waals surface area contributed by atoms with Crippen molar-refractivity contribution >= 4 is 17.7 Å². The Morgan fingerprint density at radius 2 is 2.00 bits per heavy atom. The van der Waals surface area contributed by atoms with Gasteiger partial charge in [-0.05, 0) is 37.5 Å². The molecular weight excluding hydrogens is 355 g/mol. The highest BCUT2D eigenvalue weighted by atomic mass is 32.2. The summed E-state index contributed by atoms with van der Waals surface area (Å²) in [6.45, 7) is 5.81. The molecule has 1 atom stereocenters. The van der Waals surface area contributed by atoms with Crippen LogP contribution in [0.25, 0.3) is 0 Å². The average molecular weight is 373 g/mol. The fourth-order valence-electron chi connectivity index (χ4n) is 2.10. The van der Waals surface area contributed by atoms with Gasteiger partial charge in [0.25, 0.3) is 5.82 Å². The van der Waals surface area contributed by atoms with E-state index in [1.807, 2.05) is 39.0 Å². The van der Waals surface area contributed by atoms with Crippen LogP contribution < -0.4 is 11.2 Å². The molecule has 2 rings (SSSR count). The Morgan fingerprint density at radius 3 is 2.56 bits per heavy atom. The molecule has 0 spiro atoms. The second-order valence-corrected chi connectivity index (χ2v) is 6.54. The van der Waals surface area contributed by atoms with E-state index in [-0.39, 0.29) is 22.9 Å². The normalized spacial score (nSPS) is 12.9. The number of aromatic nitrogens is 3. The summed E-state index contributed by atoms with van der Waals surface area (Å²) in [7, 11) is 0. The molecule has 0 aliphatic heterocycles. The number of hydrogen-bond acceptors (Lipinski definition) is 5. The van der Waals surface area contributed by atoms with Crippen LogP contribution in [-0.2, 0) is 11.0 Å². The number of carbonyl (C=O) groups excluding carboxylic acids is 1. The summed E-state index contributed by atoms with van der Waals surface area (Å²) in [5.74, 6) is 3.55. The first kappa shape index (κ1) is 19.1. The molecule has 2 aromatic rings. The van der Waals surface area contributed by atoms with E-state index in [2.05, 4.69) is 15.5 Å². The number of nitrogens with zero attached hydrogens (tertiary/aromatic N) is 3. The molecule has 0 bridgehead atoms. The van der Waals surface area contributed by atoms with Crippen molar-refractivity contribution in [1.82, 2.24) is 20.2 Å². The van der Waals surface area contributed by atoms with Crippen molar-refractivity contribution in [2.24, 2.45) is 0 Å². The van der Waals surface area contributed by atoms with Crippen LogP contribution in [0.15, 0.2) is 23.4 Å². The Balaban J connectivity index is 1.94. The summed E-state index contributed by atoms with van der Waals surface area (Å²) >= 11 is 0.787. The zero-order valence-electron chi connectivity index (χ0n) is 13.9. The maximum absolute atomic E-state index is 12.6. The lowest BCUT2D eigenvalue weighted by atomic mass is 10.0. The first-order valence-electron chi connectivity index (χ1n) is 7.36. The third-order valence-electron chi connectivity index (χ3n) is 3.66.